The Labute approximate surface area is 136 Å². The summed E-state index contributed by atoms with van der Waals surface area (Å²) in [5, 5.41) is 5.89. The Hall–Kier alpha value is -1.21. The molecule has 1 aromatic carbocycles. The van der Waals surface area contributed by atoms with Gasteiger partial charge >= 0.3 is 0 Å². The molecule has 1 amide bonds. The monoisotopic (exact) mass is 373 g/mol. The number of benzene rings is 1. The van der Waals surface area contributed by atoms with E-state index in [1.807, 2.05) is 0 Å². The minimum atomic E-state index is -0.428. The summed E-state index contributed by atoms with van der Waals surface area (Å²) >= 11 is 7.99. The highest BCUT2D eigenvalue weighted by Gasteiger charge is 2.22. The van der Waals surface area contributed by atoms with Gasteiger partial charge in [-0.25, -0.2) is 4.39 Å². The first kappa shape index (κ1) is 16.2. The number of carbonyl (C=O) groups is 1. The van der Waals surface area contributed by atoms with Crippen molar-refractivity contribution >= 4 is 44.7 Å². The van der Waals surface area contributed by atoms with Crippen molar-refractivity contribution in [2.45, 2.75) is 31.7 Å². The van der Waals surface area contributed by atoms with E-state index >= 15 is 0 Å². The van der Waals surface area contributed by atoms with E-state index in [9.17, 15) is 9.18 Å². The predicted octanol–water partition coefficient (Wildman–Crippen LogP) is 2.69. The van der Waals surface area contributed by atoms with Crippen molar-refractivity contribution in [3.05, 3.63) is 28.0 Å². The van der Waals surface area contributed by atoms with Gasteiger partial charge in [-0.15, -0.1) is 0 Å². The van der Waals surface area contributed by atoms with Gasteiger partial charge in [0.2, 0.25) is 5.91 Å². The van der Waals surface area contributed by atoms with Crippen molar-refractivity contribution in [3.8, 4) is 0 Å². The number of hydrogen-bond donors (Lipinski definition) is 3. The van der Waals surface area contributed by atoms with Crippen LogP contribution >= 0.6 is 28.1 Å². The standard InChI is InChI=1S/C14H17BrFN3OS/c15-12-9(14(17)21)5-6-10(13(12)16)18-7-1-2-11(20)19-8-3-4-8/h5-6,8,18H,1-4,7H2,(H2,17,21)(H,19,20). The average Bonchev–Trinajstić information content (AvgIpc) is 3.22. The van der Waals surface area contributed by atoms with Crippen LogP contribution in [0.3, 0.4) is 0 Å². The average molecular weight is 374 g/mol. The number of thiocarbonyl (C=S) groups is 1. The highest BCUT2D eigenvalue weighted by Crippen LogP contribution is 2.27. The third kappa shape index (κ3) is 4.64. The molecule has 0 saturated heterocycles. The first-order chi connectivity index (χ1) is 9.99. The summed E-state index contributed by atoms with van der Waals surface area (Å²) in [5.74, 6) is -0.368. The Morgan fingerprint density at radius 2 is 2.19 bits per heavy atom. The van der Waals surface area contributed by atoms with Crippen molar-refractivity contribution in [1.82, 2.24) is 5.32 Å². The molecule has 1 saturated carbocycles. The normalized spacial score (nSPS) is 13.8. The largest absolute Gasteiger partial charge is 0.389 e. The van der Waals surface area contributed by atoms with Gasteiger partial charge in [-0.1, -0.05) is 12.2 Å². The quantitative estimate of drug-likeness (QED) is 0.507. The lowest BCUT2D eigenvalue weighted by atomic mass is 10.2. The fourth-order valence-electron chi connectivity index (χ4n) is 1.88. The third-order valence-corrected chi connectivity index (χ3v) is 4.18. The van der Waals surface area contributed by atoms with Gasteiger partial charge < -0.3 is 16.4 Å². The molecule has 0 aliphatic heterocycles. The number of amides is 1. The van der Waals surface area contributed by atoms with E-state index in [2.05, 4.69) is 26.6 Å². The van der Waals surface area contributed by atoms with Crippen LogP contribution in [0.5, 0.6) is 0 Å². The summed E-state index contributed by atoms with van der Waals surface area (Å²) in [5.41, 5.74) is 6.34. The van der Waals surface area contributed by atoms with E-state index in [-0.39, 0.29) is 15.4 Å². The number of carbonyl (C=O) groups excluding carboxylic acids is 1. The van der Waals surface area contributed by atoms with Gasteiger partial charge in [0.1, 0.15) is 4.99 Å². The fraction of sp³-hybridized carbons (Fsp3) is 0.429. The molecule has 1 aliphatic carbocycles. The Morgan fingerprint density at radius 3 is 2.81 bits per heavy atom. The molecule has 4 N–H and O–H groups in total. The zero-order valence-electron chi connectivity index (χ0n) is 11.4. The van der Waals surface area contributed by atoms with Gasteiger partial charge in [0.05, 0.1) is 10.2 Å². The second-order valence-corrected chi connectivity index (χ2v) is 6.26. The van der Waals surface area contributed by atoms with Gasteiger partial charge in [-0.2, -0.15) is 0 Å². The first-order valence-electron chi connectivity index (χ1n) is 6.80. The number of hydrogen-bond acceptors (Lipinski definition) is 3. The van der Waals surface area contributed by atoms with E-state index in [4.69, 9.17) is 18.0 Å². The first-order valence-corrected chi connectivity index (χ1v) is 8.00. The van der Waals surface area contributed by atoms with Crippen molar-refractivity contribution in [2.75, 3.05) is 11.9 Å². The minimum Gasteiger partial charge on any atom is -0.389 e. The summed E-state index contributed by atoms with van der Waals surface area (Å²) in [6, 6.07) is 3.64. The lowest BCUT2D eigenvalue weighted by Crippen LogP contribution is -2.25. The van der Waals surface area contributed by atoms with Crippen LogP contribution in [-0.2, 0) is 4.79 Å². The SMILES string of the molecule is NC(=S)c1ccc(NCCCC(=O)NC2CC2)c(F)c1Br. The minimum absolute atomic E-state index is 0.0600. The Morgan fingerprint density at radius 1 is 1.48 bits per heavy atom. The van der Waals surface area contributed by atoms with Crippen LogP contribution in [0.4, 0.5) is 10.1 Å². The molecule has 0 spiro atoms. The molecule has 4 nitrogen and oxygen atoms in total. The second kappa shape index (κ2) is 7.17. The van der Waals surface area contributed by atoms with Gasteiger partial charge in [0.15, 0.2) is 5.82 Å². The van der Waals surface area contributed by atoms with Gasteiger partial charge in [-0.3, -0.25) is 4.79 Å². The molecular weight excluding hydrogens is 357 g/mol. The summed E-state index contributed by atoms with van der Waals surface area (Å²) in [7, 11) is 0. The molecule has 1 fully saturated rings. The Bertz CT molecular complexity index is 563. The van der Waals surface area contributed by atoms with E-state index in [1.54, 1.807) is 12.1 Å². The summed E-state index contributed by atoms with van der Waals surface area (Å²) in [4.78, 5) is 11.6. The van der Waals surface area contributed by atoms with Crippen molar-refractivity contribution < 1.29 is 9.18 Å². The van der Waals surface area contributed by atoms with Crippen LogP contribution in [0, 0.1) is 5.82 Å². The van der Waals surface area contributed by atoms with Crippen LogP contribution < -0.4 is 16.4 Å². The van der Waals surface area contributed by atoms with Crippen molar-refractivity contribution in [3.63, 3.8) is 0 Å². The van der Waals surface area contributed by atoms with Crippen LogP contribution in [0.25, 0.3) is 0 Å². The van der Waals surface area contributed by atoms with Gasteiger partial charge in [0, 0.05) is 24.6 Å². The zero-order chi connectivity index (χ0) is 15.4. The summed E-state index contributed by atoms with van der Waals surface area (Å²) < 4.78 is 14.3. The summed E-state index contributed by atoms with van der Waals surface area (Å²) in [6.45, 7) is 0.522. The molecule has 0 unspecified atom stereocenters. The molecule has 0 aromatic heterocycles. The molecule has 0 radical (unpaired) electrons. The molecule has 114 valence electrons. The van der Waals surface area contributed by atoms with E-state index in [0.29, 0.717) is 36.7 Å². The molecule has 1 aliphatic rings. The maximum Gasteiger partial charge on any atom is 0.220 e. The lowest BCUT2D eigenvalue weighted by molar-refractivity contribution is -0.121. The highest BCUT2D eigenvalue weighted by molar-refractivity contribution is 9.10. The fourth-order valence-corrected chi connectivity index (χ4v) is 2.74. The highest BCUT2D eigenvalue weighted by atomic mass is 79.9. The smallest absolute Gasteiger partial charge is 0.220 e. The topological polar surface area (TPSA) is 67.1 Å². The molecule has 2 rings (SSSR count). The molecule has 0 atom stereocenters. The third-order valence-electron chi connectivity index (χ3n) is 3.19. The molecule has 21 heavy (non-hydrogen) atoms. The van der Waals surface area contributed by atoms with E-state index in [0.717, 1.165) is 12.8 Å². The van der Waals surface area contributed by atoms with Crippen LogP contribution in [-0.4, -0.2) is 23.5 Å². The van der Waals surface area contributed by atoms with Crippen LogP contribution in [0.15, 0.2) is 16.6 Å². The van der Waals surface area contributed by atoms with Crippen LogP contribution in [0.2, 0.25) is 0 Å². The van der Waals surface area contributed by atoms with E-state index in [1.165, 1.54) is 0 Å². The Balaban J connectivity index is 1.81. The lowest BCUT2D eigenvalue weighted by Gasteiger charge is -2.11. The predicted molar refractivity (Wildman–Crippen MR) is 88.9 cm³/mol. The Kier molecular flexibility index (Phi) is 5.52. The van der Waals surface area contributed by atoms with Gasteiger partial charge in [0.25, 0.3) is 0 Å². The van der Waals surface area contributed by atoms with Crippen molar-refractivity contribution in [2.24, 2.45) is 5.73 Å². The number of nitrogens with one attached hydrogen (secondary N) is 2. The number of nitrogens with two attached hydrogens (primary N) is 1. The molecule has 0 heterocycles. The maximum absolute atomic E-state index is 14.1. The molecule has 0 bridgehead atoms. The van der Waals surface area contributed by atoms with Crippen molar-refractivity contribution in [1.29, 1.82) is 0 Å². The molecule has 7 heteroatoms. The van der Waals surface area contributed by atoms with E-state index < -0.39 is 5.82 Å². The zero-order valence-corrected chi connectivity index (χ0v) is 13.8. The van der Waals surface area contributed by atoms with Gasteiger partial charge in [-0.05, 0) is 47.3 Å². The van der Waals surface area contributed by atoms with Crippen LogP contribution in [0.1, 0.15) is 31.2 Å². The number of anilines is 1. The molecular formula is C14H17BrFN3OS. The summed E-state index contributed by atoms with van der Waals surface area (Å²) in [6.07, 6.45) is 3.25. The number of rotatable bonds is 7. The number of halogens is 2. The second-order valence-electron chi connectivity index (χ2n) is 5.03. The molecule has 1 aromatic rings. The maximum atomic E-state index is 14.1.